The molecule has 0 saturated carbocycles. The van der Waals surface area contributed by atoms with E-state index < -0.39 is 0 Å². The van der Waals surface area contributed by atoms with Crippen molar-refractivity contribution >= 4 is 11.6 Å². The van der Waals surface area contributed by atoms with Crippen molar-refractivity contribution in [2.75, 3.05) is 14.2 Å². The number of terminal acetylenes is 1. The molecule has 3 heteroatoms. The normalized spacial score (nSPS) is 11.7. The van der Waals surface area contributed by atoms with Crippen LogP contribution in [0, 0.1) is 12.3 Å². The van der Waals surface area contributed by atoms with Crippen LogP contribution in [0.25, 0.3) is 0 Å². The van der Waals surface area contributed by atoms with Crippen LogP contribution >= 0.6 is 11.6 Å². The molecule has 86 valence electrons. The lowest BCUT2D eigenvalue weighted by Crippen LogP contribution is -1.97. The van der Waals surface area contributed by atoms with Crippen molar-refractivity contribution < 1.29 is 9.47 Å². The second-order valence-electron chi connectivity index (χ2n) is 3.54. The van der Waals surface area contributed by atoms with Crippen LogP contribution in [-0.4, -0.2) is 14.2 Å². The summed E-state index contributed by atoms with van der Waals surface area (Å²) in [5.74, 6) is 4.14. The van der Waals surface area contributed by atoms with Crippen molar-refractivity contribution in [1.29, 1.82) is 0 Å². The van der Waals surface area contributed by atoms with Crippen molar-refractivity contribution in [3.05, 3.63) is 22.7 Å². The Labute approximate surface area is 102 Å². The smallest absolute Gasteiger partial charge is 0.162 e. The molecule has 0 N–H and O–H groups in total. The van der Waals surface area contributed by atoms with Gasteiger partial charge in [0.25, 0.3) is 0 Å². The Morgan fingerprint density at radius 1 is 1.31 bits per heavy atom. The van der Waals surface area contributed by atoms with E-state index >= 15 is 0 Å². The van der Waals surface area contributed by atoms with E-state index in [1.54, 1.807) is 20.3 Å². The average Bonchev–Trinajstić information content (AvgIpc) is 2.28. The van der Waals surface area contributed by atoms with Gasteiger partial charge in [0.15, 0.2) is 11.5 Å². The molecule has 1 aromatic rings. The molecular formula is C13H15ClO2. The van der Waals surface area contributed by atoms with Crippen molar-refractivity contribution in [3.63, 3.8) is 0 Å². The van der Waals surface area contributed by atoms with Crippen LogP contribution < -0.4 is 9.47 Å². The number of benzene rings is 1. The molecule has 1 rings (SSSR count). The summed E-state index contributed by atoms with van der Waals surface area (Å²) in [5, 5.41) is 0.653. The molecule has 0 spiro atoms. The molecule has 0 amide bonds. The minimum Gasteiger partial charge on any atom is -0.493 e. The first-order valence-corrected chi connectivity index (χ1v) is 5.36. The van der Waals surface area contributed by atoms with Crippen LogP contribution in [0.2, 0.25) is 5.02 Å². The second kappa shape index (κ2) is 5.67. The zero-order valence-electron chi connectivity index (χ0n) is 9.71. The maximum atomic E-state index is 6.16. The fraction of sp³-hybridized carbons (Fsp3) is 0.385. The lowest BCUT2D eigenvalue weighted by Gasteiger charge is -2.15. The monoisotopic (exact) mass is 238 g/mol. The van der Waals surface area contributed by atoms with Gasteiger partial charge in [-0.05, 0) is 17.5 Å². The standard InChI is InChI=1S/C13H15ClO2/c1-5-6-9(2)10-7-12(15-3)13(16-4)8-11(10)14/h1,7-9H,6H2,2-4H3. The molecule has 0 fully saturated rings. The van der Waals surface area contributed by atoms with Gasteiger partial charge in [0.1, 0.15) is 0 Å². The topological polar surface area (TPSA) is 18.5 Å². The van der Waals surface area contributed by atoms with E-state index in [2.05, 4.69) is 5.92 Å². The Morgan fingerprint density at radius 3 is 2.38 bits per heavy atom. The van der Waals surface area contributed by atoms with Crippen LogP contribution in [0.5, 0.6) is 11.5 Å². The van der Waals surface area contributed by atoms with Crippen molar-refractivity contribution in [3.8, 4) is 23.8 Å². The predicted molar refractivity (Wildman–Crippen MR) is 66.4 cm³/mol. The van der Waals surface area contributed by atoms with Gasteiger partial charge in [0.05, 0.1) is 14.2 Å². The SMILES string of the molecule is C#CCC(C)c1cc(OC)c(OC)cc1Cl. The number of rotatable bonds is 4. The molecule has 0 bridgehead atoms. The molecular weight excluding hydrogens is 224 g/mol. The third-order valence-corrected chi connectivity index (χ3v) is 2.79. The maximum absolute atomic E-state index is 6.16. The first-order valence-electron chi connectivity index (χ1n) is 4.98. The molecule has 0 radical (unpaired) electrons. The lowest BCUT2D eigenvalue weighted by atomic mass is 9.97. The van der Waals surface area contributed by atoms with E-state index in [1.807, 2.05) is 13.0 Å². The van der Waals surface area contributed by atoms with E-state index in [9.17, 15) is 0 Å². The van der Waals surface area contributed by atoms with Crippen molar-refractivity contribution in [2.45, 2.75) is 19.3 Å². The Morgan fingerprint density at radius 2 is 1.88 bits per heavy atom. The van der Waals surface area contributed by atoms with E-state index in [1.165, 1.54) is 0 Å². The van der Waals surface area contributed by atoms with Crippen LogP contribution in [0.15, 0.2) is 12.1 Å². The molecule has 1 unspecified atom stereocenters. The minimum absolute atomic E-state index is 0.206. The highest BCUT2D eigenvalue weighted by molar-refractivity contribution is 6.31. The Balaban J connectivity index is 3.16. The van der Waals surface area contributed by atoms with Crippen LogP contribution in [0.4, 0.5) is 0 Å². The van der Waals surface area contributed by atoms with Crippen molar-refractivity contribution in [2.24, 2.45) is 0 Å². The second-order valence-corrected chi connectivity index (χ2v) is 3.95. The van der Waals surface area contributed by atoms with Gasteiger partial charge in [0, 0.05) is 17.5 Å². The van der Waals surface area contributed by atoms with E-state index in [4.69, 9.17) is 27.5 Å². The van der Waals surface area contributed by atoms with Gasteiger partial charge in [0.2, 0.25) is 0 Å². The number of hydrogen-bond acceptors (Lipinski definition) is 2. The summed E-state index contributed by atoms with van der Waals surface area (Å²) in [5.41, 5.74) is 0.984. The fourth-order valence-corrected chi connectivity index (χ4v) is 1.87. The van der Waals surface area contributed by atoms with Gasteiger partial charge in [-0.25, -0.2) is 0 Å². The van der Waals surface area contributed by atoms with Gasteiger partial charge in [-0.3, -0.25) is 0 Å². The molecule has 0 heterocycles. The molecule has 0 aliphatic heterocycles. The third-order valence-electron chi connectivity index (χ3n) is 2.46. The van der Waals surface area contributed by atoms with E-state index in [0.29, 0.717) is 22.9 Å². The highest BCUT2D eigenvalue weighted by Gasteiger charge is 2.14. The highest BCUT2D eigenvalue weighted by atomic mass is 35.5. The summed E-state index contributed by atoms with van der Waals surface area (Å²) in [6.07, 6.45) is 5.94. The van der Waals surface area contributed by atoms with Crippen LogP contribution in [0.3, 0.4) is 0 Å². The van der Waals surface area contributed by atoms with Gasteiger partial charge in [-0.15, -0.1) is 12.3 Å². The predicted octanol–water partition coefficient (Wildman–Crippen LogP) is 3.48. The molecule has 1 atom stereocenters. The first kappa shape index (κ1) is 12.7. The zero-order valence-corrected chi connectivity index (χ0v) is 10.5. The number of methoxy groups -OCH3 is 2. The summed E-state index contributed by atoms with van der Waals surface area (Å²) in [7, 11) is 3.18. The molecule has 1 aromatic carbocycles. The van der Waals surface area contributed by atoms with Gasteiger partial charge < -0.3 is 9.47 Å². The maximum Gasteiger partial charge on any atom is 0.162 e. The molecule has 16 heavy (non-hydrogen) atoms. The largest absolute Gasteiger partial charge is 0.493 e. The third kappa shape index (κ3) is 2.62. The molecule has 0 saturated heterocycles. The average molecular weight is 239 g/mol. The van der Waals surface area contributed by atoms with E-state index in [-0.39, 0.29) is 5.92 Å². The molecule has 0 aromatic heterocycles. The summed E-state index contributed by atoms with van der Waals surface area (Å²) in [6.45, 7) is 2.03. The van der Waals surface area contributed by atoms with Gasteiger partial charge in [-0.2, -0.15) is 0 Å². The lowest BCUT2D eigenvalue weighted by molar-refractivity contribution is 0.354. The number of hydrogen-bond donors (Lipinski definition) is 0. The van der Waals surface area contributed by atoms with Crippen molar-refractivity contribution in [1.82, 2.24) is 0 Å². The summed E-state index contributed by atoms with van der Waals surface area (Å²) >= 11 is 6.16. The van der Waals surface area contributed by atoms with Crippen LogP contribution in [0.1, 0.15) is 24.8 Å². The Kier molecular flexibility index (Phi) is 4.52. The minimum atomic E-state index is 0.206. The summed E-state index contributed by atoms with van der Waals surface area (Å²) in [4.78, 5) is 0. The molecule has 0 aliphatic carbocycles. The fourth-order valence-electron chi connectivity index (χ4n) is 1.53. The zero-order chi connectivity index (χ0) is 12.1. The Bertz CT molecular complexity index is 407. The first-order chi connectivity index (χ1) is 7.63. The summed E-state index contributed by atoms with van der Waals surface area (Å²) < 4.78 is 10.4. The van der Waals surface area contributed by atoms with Gasteiger partial charge >= 0.3 is 0 Å². The van der Waals surface area contributed by atoms with Crippen LogP contribution in [-0.2, 0) is 0 Å². The van der Waals surface area contributed by atoms with E-state index in [0.717, 1.165) is 5.56 Å². The number of ether oxygens (including phenoxy) is 2. The highest BCUT2D eigenvalue weighted by Crippen LogP contribution is 2.37. The quantitative estimate of drug-likeness (QED) is 0.748. The van der Waals surface area contributed by atoms with Gasteiger partial charge in [-0.1, -0.05) is 18.5 Å². The number of halogens is 1. The summed E-state index contributed by atoms with van der Waals surface area (Å²) in [6, 6.07) is 3.63. The molecule has 2 nitrogen and oxygen atoms in total. The Hall–Kier alpha value is -1.33. The molecule has 0 aliphatic rings.